The Bertz CT molecular complexity index is 2230. The molecule has 5 rings (SSSR count). The van der Waals surface area contributed by atoms with Crippen LogP contribution in [-0.2, 0) is 44.7 Å². The van der Waals surface area contributed by atoms with E-state index in [2.05, 4.69) is 18.6 Å². The Hall–Kier alpha value is -3.83. The Labute approximate surface area is 472 Å². The predicted octanol–water partition coefficient (Wildman–Crippen LogP) is 9.28. The van der Waals surface area contributed by atoms with E-state index < -0.39 is 91.0 Å². The second-order valence-corrected chi connectivity index (χ2v) is 34.3. The molecule has 0 unspecified atom stereocenters. The Morgan fingerprint density at radius 3 is 2.05 bits per heavy atom. The van der Waals surface area contributed by atoms with E-state index in [0.29, 0.717) is 47.9 Å². The number of methoxy groups -OCH3 is 2. The SMILES string of the molecule is CC[C@H](C)[C@@H]([C@@H](CC(=O)N1CCC[C@H]1[C@H](OC)[C@@H](C)C(=O)N[C@H](C)[C@@H](O)c1ccccc1)OC)N(C)C(=O)[C@@H](NC(=O)[C@H](C(C)C)N(C)C(=O)OCc1ccc(N(C)C(=O)O[C@H]2CCCC[C@@H]2SSI2CC2)cc1)C(C)C. The number of likely N-dealkylation sites (N-methyl/N-ethyl adjacent to an activating group) is 2. The summed E-state index contributed by atoms with van der Waals surface area (Å²) < 4.78 is 26.7. The van der Waals surface area contributed by atoms with E-state index in [1.807, 2.05) is 70.5 Å². The van der Waals surface area contributed by atoms with Gasteiger partial charge in [-0.1, -0.05) is 85.2 Å². The number of carbonyl (C=O) groups excluding carboxylic acids is 6. The van der Waals surface area contributed by atoms with Crippen LogP contribution < -0.4 is 15.5 Å². The first-order valence-electron chi connectivity index (χ1n) is 27.5. The van der Waals surface area contributed by atoms with Gasteiger partial charge < -0.3 is 39.8 Å². The summed E-state index contributed by atoms with van der Waals surface area (Å²) in [6.45, 7) is 15.3. The molecule has 3 aliphatic rings. The monoisotopic (exact) mass is 1220 g/mol. The van der Waals surface area contributed by atoms with Gasteiger partial charge in [0, 0.05) is 34.9 Å². The van der Waals surface area contributed by atoms with Crippen molar-refractivity contribution in [3.8, 4) is 0 Å². The molecule has 432 valence electrons. The molecule has 0 aromatic heterocycles. The Kier molecular flexibility index (Phi) is 25.5. The van der Waals surface area contributed by atoms with Crippen LogP contribution in [0.3, 0.4) is 0 Å². The van der Waals surface area contributed by atoms with Crippen molar-refractivity contribution in [3.63, 3.8) is 0 Å². The molecule has 0 radical (unpaired) electrons. The summed E-state index contributed by atoms with van der Waals surface area (Å²) in [5.74, 6) is -2.87. The normalized spacial score (nSPS) is 21.4. The molecular formula is C57H89IN6O11S2. The second kappa shape index (κ2) is 30.7. The maximum atomic E-state index is 14.7. The summed E-state index contributed by atoms with van der Waals surface area (Å²) >= 11 is -0.733. The van der Waals surface area contributed by atoms with Crippen molar-refractivity contribution in [2.75, 3.05) is 55.7 Å². The largest absolute Gasteiger partial charge is 0.0603 e. The number of halogens is 1. The number of rotatable bonds is 27. The number of hydrogen-bond donors (Lipinski definition) is 3. The first-order valence-corrected chi connectivity index (χ1v) is 35.3. The molecule has 17 nitrogen and oxygen atoms in total. The molecule has 1 saturated carbocycles. The molecule has 0 spiro atoms. The van der Waals surface area contributed by atoms with Gasteiger partial charge in [0.15, 0.2) is 0 Å². The van der Waals surface area contributed by atoms with E-state index in [1.54, 1.807) is 74.1 Å². The fourth-order valence-electron chi connectivity index (χ4n) is 10.6. The van der Waals surface area contributed by atoms with Crippen LogP contribution in [-0.4, -0.2) is 160 Å². The smallest absolute Gasteiger partial charge is 0.0176 e. The number of aliphatic hydroxyl groups excluding tert-OH is 1. The number of nitrogens with zero attached hydrogens (tertiary/aromatic N) is 4. The molecule has 6 amide bonds. The number of aliphatic hydroxyl groups is 1. The van der Waals surface area contributed by atoms with Gasteiger partial charge in [0.2, 0.25) is 23.6 Å². The molecule has 2 aromatic rings. The zero-order chi connectivity index (χ0) is 56.7. The van der Waals surface area contributed by atoms with Crippen molar-refractivity contribution in [1.29, 1.82) is 0 Å². The topological polar surface area (TPSA) is 197 Å². The van der Waals surface area contributed by atoms with Gasteiger partial charge in [-0.25, -0.2) is 4.79 Å². The van der Waals surface area contributed by atoms with Crippen LogP contribution in [0.25, 0.3) is 0 Å². The molecular weight excluding hydrogens is 1140 g/mol. The number of benzene rings is 2. The molecule has 3 N–H and O–H groups in total. The number of hydrogen-bond acceptors (Lipinski definition) is 13. The second-order valence-electron chi connectivity index (χ2n) is 21.7. The Balaban J connectivity index is 1.18. The van der Waals surface area contributed by atoms with Gasteiger partial charge in [-0.05, 0) is 43.1 Å². The minimum atomic E-state index is -0.988. The van der Waals surface area contributed by atoms with E-state index in [4.69, 9.17) is 18.9 Å². The van der Waals surface area contributed by atoms with Crippen LogP contribution >= 0.6 is 37.2 Å². The number of ether oxygens (including phenoxy) is 4. The molecule has 2 aromatic carbocycles. The standard InChI is InChI=1S/C57H89IN6O11S2/c1-14-37(6)50(45(72-12)33-47(65)64-32-20-23-43(64)52(73-13)38(7)53(67)59-39(8)51(66)41-21-16-15-17-22-41)62(10)55(69)48(35(2)3)60-54(68)49(36(4)5)63(11)56(70)74-34-40-26-28-42(29-27-40)61(9)57(71)75-44-24-18-19-25-46(44)76-77-58-30-31-58/h15-17,21-22,26-29,35-39,43-46,48-52,66H,14,18-20,23-25,30-34H2,1-13H3,(H,59,67)(H,60,68)/t37-,38+,39+,43-,44-,45+,46-,48-,49-,50-,51+,52+/m0/s1. The van der Waals surface area contributed by atoms with E-state index in [1.165, 1.54) is 46.3 Å². The minimum absolute atomic E-state index is 0.0470. The maximum Gasteiger partial charge on any atom is -0.0176 e. The molecule has 2 heterocycles. The summed E-state index contributed by atoms with van der Waals surface area (Å²) in [7, 11) is 12.0. The van der Waals surface area contributed by atoms with Crippen LogP contribution in [0.4, 0.5) is 15.3 Å². The van der Waals surface area contributed by atoms with Crippen LogP contribution in [0.2, 0.25) is 0 Å². The number of nitrogens with one attached hydrogen (secondary N) is 2. The van der Waals surface area contributed by atoms with Crippen molar-refractivity contribution in [2.45, 2.75) is 173 Å². The average Bonchev–Trinajstić information content (AvgIpc) is 4.14. The molecule has 20 heteroatoms. The van der Waals surface area contributed by atoms with E-state index in [0.717, 1.165) is 19.3 Å². The van der Waals surface area contributed by atoms with Crippen molar-refractivity contribution in [1.82, 2.24) is 25.3 Å². The van der Waals surface area contributed by atoms with Crippen LogP contribution in [0.15, 0.2) is 54.6 Å². The summed E-state index contributed by atoms with van der Waals surface area (Å²) in [6.07, 6.45) is 2.65. The van der Waals surface area contributed by atoms with Gasteiger partial charge in [0.1, 0.15) is 12.1 Å². The van der Waals surface area contributed by atoms with Gasteiger partial charge in [-0.2, -0.15) is 0 Å². The van der Waals surface area contributed by atoms with Gasteiger partial charge >= 0.3 is 159 Å². The summed E-state index contributed by atoms with van der Waals surface area (Å²) in [4.78, 5) is 90.1. The Morgan fingerprint density at radius 1 is 0.792 bits per heavy atom. The molecule has 3 fully saturated rings. The minimum Gasteiger partial charge on any atom is -0.0603 e. The van der Waals surface area contributed by atoms with E-state index in [-0.39, 0.29) is 54.6 Å². The van der Waals surface area contributed by atoms with Crippen LogP contribution in [0, 0.1) is 23.7 Å². The summed E-state index contributed by atoms with van der Waals surface area (Å²) in [5.41, 5.74) is 2.03. The molecule has 2 aliphatic heterocycles. The van der Waals surface area contributed by atoms with Crippen LogP contribution in [0.1, 0.15) is 124 Å². The van der Waals surface area contributed by atoms with Crippen molar-refractivity contribution in [2.24, 2.45) is 23.7 Å². The number of alkyl halides is 2. The van der Waals surface area contributed by atoms with Crippen molar-refractivity contribution in [3.05, 3.63) is 65.7 Å². The Morgan fingerprint density at radius 2 is 1.45 bits per heavy atom. The number of anilines is 1. The number of likely N-dealkylation sites (tertiary alicyclic amines) is 1. The van der Waals surface area contributed by atoms with Crippen LogP contribution in [0.5, 0.6) is 0 Å². The molecule has 2 saturated heterocycles. The number of carbonyl (C=O) groups is 6. The average molecular weight is 1230 g/mol. The molecule has 0 bridgehead atoms. The van der Waals surface area contributed by atoms with Gasteiger partial charge in [-0.3, -0.25) is 24.1 Å². The number of amides is 6. The van der Waals surface area contributed by atoms with Gasteiger partial charge in [0.05, 0.1) is 48.8 Å². The van der Waals surface area contributed by atoms with Crippen molar-refractivity contribution >= 4 is 78.7 Å². The third kappa shape index (κ3) is 17.6. The van der Waals surface area contributed by atoms with Gasteiger partial charge in [0.25, 0.3) is 0 Å². The predicted molar refractivity (Wildman–Crippen MR) is 315 cm³/mol. The third-order valence-electron chi connectivity index (χ3n) is 15.5. The quantitative estimate of drug-likeness (QED) is 0.0435. The first kappa shape index (κ1) is 64.0. The fourth-order valence-corrected chi connectivity index (χ4v) is 25.3. The fraction of sp³-hybridized carbons (Fsp3) is 0.684. The zero-order valence-electron chi connectivity index (χ0n) is 47.8. The van der Waals surface area contributed by atoms with Gasteiger partial charge in [-0.15, -0.1) is 0 Å². The maximum absolute atomic E-state index is 14.7. The van der Waals surface area contributed by atoms with E-state index in [9.17, 15) is 33.9 Å². The molecule has 1 aliphatic carbocycles. The first-order chi connectivity index (χ1) is 36.6. The third-order valence-corrected chi connectivity index (χ3v) is 28.5. The molecule has 12 atom stereocenters. The zero-order valence-corrected chi connectivity index (χ0v) is 51.6. The van der Waals surface area contributed by atoms with Crippen molar-refractivity contribution < 1.29 is 52.8 Å². The van der Waals surface area contributed by atoms with E-state index >= 15 is 0 Å². The molecule has 77 heavy (non-hydrogen) atoms. The summed E-state index contributed by atoms with van der Waals surface area (Å²) in [6, 6.07) is 12.8. The summed E-state index contributed by atoms with van der Waals surface area (Å²) in [5, 5.41) is 17.2.